The molecule has 24 heavy (non-hydrogen) atoms. The molecular weight excluding hydrogens is 335 g/mol. The fourth-order valence-corrected chi connectivity index (χ4v) is 2.70. The number of aromatic nitrogens is 2. The zero-order valence-corrected chi connectivity index (χ0v) is 14.2. The van der Waals surface area contributed by atoms with Gasteiger partial charge in [0.2, 0.25) is 5.91 Å². The normalized spacial score (nSPS) is 17.7. The van der Waals surface area contributed by atoms with Crippen LogP contribution in [0.1, 0.15) is 44.5 Å². The van der Waals surface area contributed by atoms with Crippen LogP contribution in [0.4, 0.5) is 10.1 Å². The first kappa shape index (κ1) is 18.4. The zero-order valence-electron chi connectivity index (χ0n) is 13.3. The Bertz CT molecular complexity index is 699. The lowest BCUT2D eigenvalue weighted by molar-refractivity contribution is -0.114. The highest BCUT2D eigenvalue weighted by molar-refractivity contribution is 5.89. The number of carbonyl (C=O) groups excluding carboxylic acids is 1. The summed E-state index contributed by atoms with van der Waals surface area (Å²) in [6.07, 6.45) is 4.36. The molecule has 1 aliphatic rings. The third-order valence-electron chi connectivity index (χ3n) is 3.83. The van der Waals surface area contributed by atoms with Crippen molar-refractivity contribution in [3.05, 3.63) is 29.8 Å². The summed E-state index contributed by atoms with van der Waals surface area (Å²) in [4.78, 5) is 15.5. The largest absolute Gasteiger partial charge is 0.334 e. The van der Waals surface area contributed by atoms with Crippen LogP contribution < -0.4 is 10.6 Å². The molecule has 1 unspecified atom stereocenters. The predicted molar refractivity (Wildman–Crippen MR) is 90.5 cm³/mol. The Morgan fingerprint density at radius 3 is 3.00 bits per heavy atom. The number of amides is 1. The second-order valence-corrected chi connectivity index (χ2v) is 5.69. The molecule has 130 valence electrons. The average Bonchev–Trinajstić information content (AvgIpc) is 2.84. The van der Waals surface area contributed by atoms with Gasteiger partial charge in [0.15, 0.2) is 5.82 Å². The minimum Gasteiger partial charge on any atom is -0.334 e. The summed E-state index contributed by atoms with van der Waals surface area (Å²) in [5, 5.41) is 9.98. The van der Waals surface area contributed by atoms with Crippen molar-refractivity contribution in [2.45, 2.75) is 38.6 Å². The van der Waals surface area contributed by atoms with Crippen LogP contribution in [-0.4, -0.2) is 22.6 Å². The van der Waals surface area contributed by atoms with Gasteiger partial charge in [-0.25, -0.2) is 4.39 Å². The van der Waals surface area contributed by atoms with E-state index in [9.17, 15) is 9.18 Å². The number of carbonyl (C=O) groups is 1. The van der Waals surface area contributed by atoms with Crippen molar-refractivity contribution in [1.29, 1.82) is 0 Å². The number of benzene rings is 1. The van der Waals surface area contributed by atoms with Gasteiger partial charge >= 0.3 is 0 Å². The maximum absolute atomic E-state index is 14.1. The van der Waals surface area contributed by atoms with Crippen LogP contribution in [0.25, 0.3) is 11.5 Å². The molecule has 1 atom stereocenters. The van der Waals surface area contributed by atoms with E-state index in [1.807, 2.05) is 0 Å². The Kier molecular flexibility index (Phi) is 6.28. The van der Waals surface area contributed by atoms with Gasteiger partial charge in [0.1, 0.15) is 5.82 Å². The predicted octanol–water partition coefficient (Wildman–Crippen LogP) is 3.46. The van der Waals surface area contributed by atoms with Crippen molar-refractivity contribution in [3.8, 4) is 11.5 Å². The minimum absolute atomic E-state index is 0. The van der Waals surface area contributed by atoms with Crippen molar-refractivity contribution in [1.82, 2.24) is 15.5 Å². The molecule has 2 N–H and O–H groups in total. The van der Waals surface area contributed by atoms with Crippen LogP contribution in [0.2, 0.25) is 0 Å². The minimum atomic E-state index is -0.469. The number of rotatable bonds is 3. The van der Waals surface area contributed by atoms with Crippen molar-refractivity contribution in [3.63, 3.8) is 0 Å². The molecule has 0 aliphatic carbocycles. The first-order chi connectivity index (χ1) is 11.1. The molecule has 0 spiro atoms. The standard InChI is InChI=1S/C16H19FN4O2.ClH/c1-10(22)19-11-6-7-13(17)12(9-11)16-20-15(21-23-16)14-5-3-2-4-8-18-14;/h6-7,9,14,18H,2-5,8H2,1H3,(H,19,22);1H. The van der Waals surface area contributed by atoms with Crippen molar-refractivity contribution >= 4 is 24.0 Å². The van der Waals surface area contributed by atoms with Crippen LogP contribution in [0.5, 0.6) is 0 Å². The lowest BCUT2D eigenvalue weighted by atomic mass is 10.1. The van der Waals surface area contributed by atoms with E-state index in [1.54, 1.807) is 0 Å². The Balaban J connectivity index is 0.00000208. The van der Waals surface area contributed by atoms with Gasteiger partial charge < -0.3 is 15.2 Å². The number of nitrogens with zero attached hydrogens (tertiary/aromatic N) is 2. The van der Waals surface area contributed by atoms with Gasteiger partial charge in [-0.1, -0.05) is 18.0 Å². The van der Waals surface area contributed by atoms with Crippen molar-refractivity contribution in [2.24, 2.45) is 0 Å². The number of hydrogen-bond donors (Lipinski definition) is 2. The second kappa shape index (κ2) is 8.21. The van der Waals surface area contributed by atoms with Crippen molar-refractivity contribution in [2.75, 3.05) is 11.9 Å². The van der Waals surface area contributed by atoms with E-state index >= 15 is 0 Å². The second-order valence-electron chi connectivity index (χ2n) is 5.69. The molecule has 1 aromatic heterocycles. The summed E-state index contributed by atoms with van der Waals surface area (Å²) in [5.41, 5.74) is 0.671. The molecule has 3 rings (SSSR count). The Hall–Kier alpha value is -1.99. The van der Waals surface area contributed by atoms with Gasteiger partial charge in [-0.15, -0.1) is 12.4 Å². The summed E-state index contributed by atoms with van der Waals surface area (Å²) in [6, 6.07) is 4.30. The fraction of sp³-hybridized carbons (Fsp3) is 0.438. The molecule has 2 aromatic rings. The van der Waals surface area contributed by atoms with E-state index in [2.05, 4.69) is 20.8 Å². The summed E-state index contributed by atoms with van der Waals surface area (Å²) in [7, 11) is 0. The smallest absolute Gasteiger partial charge is 0.261 e. The Labute approximate surface area is 145 Å². The number of anilines is 1. The van der Waals surface area contributed by atoms with Crippen LogP contribution in [0.3, 0.4) is 0 Å². The van der Waals surface area contributed by atoms with Crippen LogP contribution in [0.15, 0.2) is 22.7 Å². The summed E-state index contributed by atoms with van der Waals surface area (Å²) >= 11 is 0. The molecule has 0 saturated carbocycles. The lowest BCUT2D eigenvalue weighted by Crippen LogP contribution is -2.21. The molecular formula is C16H20ClFN4O2. The first-order valence-electron chi connectivity index (χ1n) is 7.78. The van der Waals surface area contributed by atoms with Crippen molar-refractivity contribution < 1.29 is 13.7 Å². The molecule has 1 aromatic carbocycles. The molecule has 1 aliphatic heterocycles. The van der Waals surface area contributed by atoms with E-state index in [1.165, 1.54) is 31.5 Å². The highest BCUT2D eigenvalue weighted by Gasteiger charge is 2.21. The van der Waals surface area contributed by atoms with Gasteiger partial charge in [0, 0.05) is 12.6 Å². The topological polar surface area (TPSA) is 80.0 Å². The Morgan fingerprint density at radius 1 is 1.38 bits per heavy atom. The van der Waals surface area contributed by atoms with E-state index in [0.29, 0.717) is 11.5 Å². The molecule has 1 amide bonds. The maximum atomic E-state index is 14.1. The van der Waals surface area contributed by atoms with Gasteiger partial charge in [-0.05, 0) is 37.6 Å². The Morgan fingerprint density at radius 2 is 2.21 bits per heavy atom. The van der Waals surface area contributed by atoms with E-state index in [-0.39, 0.29) is 35.8 Å². The quantitative estimate of drug-likeness (QED) is 0.882. The molecule has 8 heteroatoms. The SMILES string of the molecule is CC(=O)Nc1ccc(F)c(-c2nc(C3CCCCCN3)no2)c1.Cl. The molecule has 1 saturated heterocycles. The number of hydrogen-bond acceptors (Lipinski definition) is 5. The fourth-order valence-electron chi connectivity index (χ4n) is 2.70. The summed E-state index contributed by atoms with van der Waals surface area (Å²) in [5.74, 6) is -0.0264. The average molecular weight is 355 g/mol. The van der Waals surface area contributed by atoms with E-state index in [4.69, 9.17) is 4.52 Å². The van der Waals surface area contributed by atoms with E-state index in [0.717, 1.165) is 25.8 Å². The molecule has 1 fully saturated rings. The van der Waals surface area contributed by atoms with Crippen LogP contribution >= 0.6 is 12.4 Å². The number of halogens is 2. The maximum Gasteiger partial charge on any atom is 0.261 e. The summed E-state index contributed by atoms with van der Waals surface area (Å²) in [6.45, 7) is 2.31. The highest BCUT2D eigenvalue weighted by atomic mass is 35.5. The van der Waals surface area contributed by atoms with E-state index < -0.39 is 5.82 Å². The third-order valence-corrected chi connectivity index (χ3v) is 3.83. The van der Waals surface area contributed by atoms with Crippen LogP contribution in [-0.2, 0) is 4.79 Å². The molecule has 2 heterocycles. The van der Waals surface area contributed by atoms with Gasteiger partial charge in [0.05, 0.1) is 11.6 Å². The molecule has 0 bridgehead atoms. The first-order valence-corrected chi connectivity index (χ1v) is 7.78. The molecule has 0 radical (unpaired) electrons. The monoisotopic (exact) mass is 354 g/mol. The van der Waals surface area contributed by atoms with Gasteiger partial charge in [0.25, 0.3) is 5.89 Å². The third kappa shape index (κ3) is 4.30. The zero-order chi connectivity index (χ0) is 16.2. The highest BCUT2D eigenvalue weighted by Crippen LogP contribution is 2.27. The molecule has 6 nitrogen and oxygen atoms in total. The number of nitrogens with one attached hydrogen (secondary N) is 2. The van der Waals surface area contributed by atoms with Crippen LogP contribution in [0, 0.1) is 5.82 Å². The lowest BCUT2D eigenvalue weighted by Gasteiger charge is -2.10. The van der Waals surface area contributed by atoms with Gasteiger partial charge in [-0.2, -0.15) is 4.98 Å². The summed E-state index contributed by atoms with van der Waals surface area (Å²) < 4.78 is 19.3. The van der Waals surface area contributed by atoms with Gasteiger partial charge in [-0.3, -0.25) is 4.79 Å².